The lowest BCUT2D eigenvalue weighted by molar-refractivity contribution is -0.384. The van der Waals surface area contributed by atoms with E-state index in [1.807, 2.05) is 67.6 Å². The summed E-state index contributed by atoms with van der Waals surface area (Å²) in [6.45, 7) is 1.94. The first-order chi connectivity index (χ1) is 14.6. The molecule has 148 valence electrons. The Balaban J connectivity index is 1.88. The van der Waals surface area contributed by atoms with E-state index in [0.717, 1.165) is 33.7 Å². The molecule has 3 aromatic carbocycles. The van der Waals surface area contributed by atoms with Crippen molar-refractivity contribution in [3.05, 3.63) is 106 Å². The standard InChI is InChI=1S/C24H20N4O2/c1-2-19(20-10-6-7-11-21(20)25)24-26-22(16-8-4-3-5-9-16)23(27-24)17-12-14-18(15-13-17)28(29)30/h2-15H,25H2,1H3,(H,26,27)/b19-2-. The number of nitrogens with zero attached hydrogens (tertiary/aromatic N) is 2. The topological polar surface area (TPSA) is 97.8 Å². The van der Waals surface area contributed by atoms with Crippen molar-refractivity contribution in [2.75, 3.05) is 5.73 Å². The van der Waals surface area contributed by atoms with Gasteiger partial charge in [0, 0.05) is 40.1 Å². The summed E-state index contributed by atoms with van der Waals surface area (Å²) in [4.78, 5) is 18.9. The number of hydrogen-bond donors (Lipinski definition) is 2. The molecule has 0 saturated heterocycles. The number of nitrogens with one attached hydrogen (secondary N) is 1. The molecule has 4 aromatic rings. The second-order valence-electron chi connectivity index (χ2n) is 6.77. The van der Waals surface area contributed by atoms with Crippen LogP contribution in [0.5, 0.6) is 0 Å². The summed E-state index contributed by atoms with van der Waals surface area (Å²) in [6.07, 6.45) is 1.97. The summed E-state index contributed by atoms with van der Waals surface area (Å²) in [5, 5.41) is 11.0. The fraction of sp³-hybridized carbons (Fsp3) is 0.0417. The van der Waals surface area contributed by atoms with E-state index in [1.165, 1.54) is 12.1 Å². The van der Waals surface area contributed by atoms with Gasteiger partial charge in [0.1, 0.15) is 5.82 Å². The molecule has 1 heterocycles. The van der Waals surface area contributed by atoms with Crippen LogP contribution < -0.4 is 5.73 Å². The van der Waals surface area contributed by atoms with Crippen LogP contribution in [0.15, 0.2) is 84.9 Å². The summed E-state index contributed by atoms with van der Waals surface area (Å²) in [7, 11) is 0. The number of nitrogen functional groups attached to an aromatic ring is 1. The lowest BCUT2D eigenvalue weighted by Crippen LogP contribution is -1.96. The minimum absolute atomic E-state index is 0.0472. The summed E-state index contributed by atoms with van der Waals surface area (Å²) < 4.78 is 0. The number of H-pyrrole nitrogens is 1. The molecular weight excluding hydrogens is 376 g/mol. The number of allylic oxidation sites excluding steroid dienone is 1. The Bertz CT molecular complexity index is 1230. The van der Waals surface area contributed by atoms with Crippen LogP contribution in [0.25, 0.3) is 28.1 Å². The van der Waals surface area contributed by atoms with Gasteiger partial charge >= 0.3 is 0 Å². The first-order valence-electron chi connectivity index (χ1n) is 9.50. The lowest BCUT2D eigenvalue weighted by atomic mass is 10.0. The molecule has 0 spiro atoms. The largest absolute Gasteiger partial charge is 0.398 e. The predicted molar refractivity (Wildman–Crippen MR) is 120 cm³/mol. The van der Waals surface area contributed by atoms with Crippen molar-refractivity contribution in [1.82, 2.24) is 9.97 Å². The van der Waals surface area contributed by atoms with Crippen molar-refractivity contribution in [2.45, 2.75) is 6.92 Å². The Morgan fingerprint density at radius 3 is 2.27 bits per heavy atom. The van der Waals surface area contributed by atoms with Crippen molar-refractivity contribution in [1.29, 1.82) is 0 Å². The summed E-state index contributed by atoms with van der Waals surface area (Å²) >= 11 is 0. The number of nitro benzene ring substituents is 1. The third-order valence-electron chi connectivity index (χ3n) is 4.91. The van der Waals surface area contributed by atoms with E-state index in [4.69, 9.17) is 10.7 Å². The van der Waals surface area contributed by atoms with E-state index in [-0.39, 0.29) is 5.69 Å². The van der Waals surface area contributed by atoms with Crippen molar-refractivity contribution in [2.24, 2.45) is 0 Å². The molecule has 0 aliphatic rings. The van der Waals surface area contributed by atoms with Gasteiger partial charge in [-0.1, -0.05) is 54.6 Å². The Hall–Kier alpha value is -4.19. The number of anilines is 1. The highest BCUT2D eigenvalue weighted by Crippen LogP contribution is 2.35. The monoisotopic (exact) mass is 396 g/mol. The number of aromatic amines is 1. The predicted octanol–water partition coefficient (Wildman–Crippen LogP) is 5.69. The highest BCUT2D eigenvalue weighted by atomic mass is 16.6. The van der Waals surface area contributed by atoms with E-state index >= 15 is 0 Å². The van der Waals surface area contributed by atoms with Gasteiger partial charge < -0.3 is 10.7 Å². The highest BCUT2D eigenvalue weighted by Gasteiger charge is 2.18. The minimum Gasteiger partial charge on any atom is -0.398 e. The summed E-state index contributed by atoms with van der Waals surface area (Å²) in [5.41, 5.74) is 12.0. The Morgan fingerprint density at radius 2 is 1.63 bits per heavy atom. The molecule has 0 aliphatic carbocycles. The SMILES string of the molecule is C/C=C(\c1nc(-c2ccccc2)c(-c2ccc([N+](=O)[O-])cc2)[nH]1)c1ccccc1N. The number of benzene rings is 3. The summed E-state index contributed by atoms with van der Waals surface area (Å²) in [6, 6.07) is 23.9. The molecular formula is C24H20N4O2. The number of nitrogens with two attached hydrogens (primary N) is 1. The second kappa shape index (κ2) is 8.05. The number of imidazole rings is 1. The first kappa shape index (κ1) is 19.1. The van der Waals surface area contributed by atoms with Gasteiger partial charge in [0.2, 0.25) is 0 Å². The van der Waals surface area contributed by atoms with Crippen LogP contribution in [0.3, 0.4) is 0 Å². The van der Waals surface area contributed by atoms with Crippen LogP contribution >= 0.6 is 0 Å². The van der Waals surface area contributed by atoms with Crippen LogP contribution in [0, 0.1) is 10.1 Å². The van der Waals surface area contributed by atoms with Gasteiger partial charge in [-0.25, -0.2) is 4.98 Å². The van der Waals surface area contributed by atoms with E-state index < -0.39 is 4.92 Å². The van der Waals surface area contributed by atoms with Gasteiger partial charge in [-0.05, 0) is 25.1 Å². The zero-order valence-corrected chi connectivity index (χ0v) is 16.4. The van der Waals surface area contributed by atoms with Gasteiger partial charge in [-0.3, -0.25) is 10.1 Å². The highest BCUT2D eigenvalue weighted by molar-refractivity contribution is 5.87. The molecule has 6 heteroatoms. The van der Waals surface area contributed by atoms with Gasteiger partial charge in [0.05, 0.1) is 16.3 Å². The van der Waals surface area contributed by atoms with Gasteiger partial charge in [-0.2, -0.15) is 0 Å². The molecule has 30 heavy (non-hydrogen) atoms. The lowest BCUT2D eigenvalue weighted by Gasteiger charge is -2.07. The molecule has 0 bridgehead atoms. The normalized spacial score (nSPS) is 11.4. The maximum absolute atomic E-state index is 11.0. The zero-order chi connectivity index (χ0) is 21.1. The third kappa shape index (κ3) is 3.58. The van der Waals surface area contributed by atoms with Crippen LogP contribution in [0.4, 0.5) is 11.4 Å². The van der Waals surface area contributed by atoms with Gasteiger partial charge in [-0.15, -0.1) is 0 Å². The molecule has 4 rings (SSSR count). The van der Waals surface area contributed by atoms with E-state index in [2.05, 4.69) is 4.98 Å². The Morgan fingerprint density at radius 1 is 0.967 bits per heavy atom. The van der Waals surface area contributed by atoms with E-state index in [9.17, 15) is 10.1 Å². The molecule has 0 aliphatic heterocycles. The molecule has 0 amide bonds. The second-order valence-corrected chi connectivity index (χ2v) is 6.77. The smallest absolute Gasteiger partial charge is 0.269 e. The summed E-state index contributed by atoms with van der Waals surface area (Å²) in [5.74, 6) is 0.683. The van der Waals surface area contributed by atoms with Crippen molar-refractivity contribution < 1.29 is 4.92 Å². The van der Waals surface area contributed by atoms with Gasteiger partial charge in [0.15, 0.2) is 0 Å². The van der Waals surface area contributed by atoms with Crippen LogP contribution in [0.1, 0.15) is 18.3 Å². The van der Waals surface area contributed by atoms with E-state index in [1.54, 1.807) is 12.1 Å². The molecule has 6 nitrogen and oxygen atoms in total. The van der Waals surface area contributed by atoms with Crippen molar-refractivity contribution in [3.8, 4) is 22.5 Å². The number of aromatic nitrogens is 2. The fourth-order valence-electron chi connectivity index (χ4n) is 3.43. The fourth-order valence-corrected chi connectivity index (χ4v) is 3.43. The molecule has 0 fully saturated rings. The third-order valence-corrected chi connectivity index (χ3v) is 4.91. The number of hydrogen-bond acceptors (Lipinski definition) is 4. The molecule has 0 unspecified atom stereocenters. The Labute approximate surface area is 173 Å². The number of para-hydroxylation sites is 1. The number of rotatable bonds is 5. The molecule has 1 aromatic heterocycles. The molecule has 0 radical (unpaired) electrons. The van der Waals surface area contributed by atoms with Gasteiger partial charge in [0.25, 0.3) is 5.69 Å². The van der Waals surface area contributed by atoms with Crippen LogP contribution in [0.2, 0.25) is 0 Å². The number of nitro groups is 1. The quantitative estimate of drug-likeness (QED) is 0.257. The molecule has 0 saturated carbocycles. The zero-order valence-electron chi connectivity index (χ0n) is 16.4. The van der Waals surface area contributed by atoms with Crippen LogP contribution in [-0.4, -0.2) is 14.9 Å². The average Bonchev–Trinajstić information content (AvgIpc) is 3.21. The number of non-ortho nitro benzene ring substituents is 1. The maximum atomic E-state index is 11.0. The maximum Gasteiger partial charge on any atom is 0.269 e. The molecule has 0 atom stereocenters. The van der Waals surface area contributed by atoms with E-state index in [0.29, 0.717) is 11.5 Å². The average molecular weight is 396 g/mol. The minimum atomic E-state index is -0.406. The first-order valence-corrected chi connectivity index (χ1v) is 9.50. The molecule has 3 N–H and O–H groups in total. The van der Waals surface area contributed by atoms with Crippen molar-refractivity contribution in [3.63, 3.8) is 0 Å². The Kier molecular flexibility index (Phi) is 5.13. The van der Waals surface area contributed by atoms with Crippen LogP contribution in [-0.2, 0) is 0 Å². The van der Waals surface area contributed by atoms with Crippen molar-refractivity contribution >= 4 is 16.9 Å².